The van der Waals surface area contributed by atoms with Crippen LogP contribution in [-0.4, -0.2) is 16.1 Å². The molecule has 1 aromatic rings. The molecule has 4 heteroatoms. The van der Waals surface area contributed by atoms with Crippen LogP contribution < -0.4 is 5.56 Å². The molecule has 0 saturated carbocycles. The van der Waals surface area contributed by atoms with Gasteiger partial charge >= 0.3 is 5.97 Å². The molecular formula is C12H15NO3. The lowest BCUT2D eigenvalue weighted by Gasteiger charge is -2.24. The van der Waals surface area contributed by atoms with Gasteiger partial charge in [-0.15, -0.1) is 0 Å². The van der Waals surface area contributed by atoms with E-state index in [1.165, 1.54) is 6.07 Å². The summed E-state index contributed by atoms with van der Waals surface area (Å²) in [5, 5.41) is 9.07. The highest BCUT2D eigenvalue weighted by molar-refractivity contribution is 5.89. The van der Waals surface area contributed by atoms with Crippen molar-refractivity contribution >= 4 is 5.97 Å². The number of hydrogen-bond acceptors (Lipinski definition) is 2. The van der Waals surface area contributed by atoms with Crippen LogP contribution >= 0.6 is 0 Å². The molecule has 86 valence electrons. The minimum absolute atomic E-state index is 0.178. The van der Waals surface area contributed by atoms with Crippen molar-refractivity contribution in [2.45, 2.75) is 32.6 Å². The first-order chi connectivity index (χ1) is 7.61. The van der Waals surface area contributed by atoms with Crippen molar-refractivity contribution in [2.75, 3.05) is 0 Å². The van der Waals surface area contributed by atoms with E-state index in [0.717, 1.165) is 36.9 Å². The maximum atomic E-state index is 11.3. The van der Waals surface area contributed by atoms with E-state index in [9.17, 15) is 9.59 Å². The molecule has 2 rings (SSSR count). The third-order valence-corrected chi connectivity index (χ3v) is 3.34. The highest BCUT2D eigenvalue weighted by Gasteiger charge is 2.23. The Balaban J connectivity index is 2.51. The minimum Gasteiger partial charge on any atom is -0.478 e. The Morgan fingerprint density at radius 2 is 2.38 bits per heavy atom. The number of carboxylic acid groups (broad SMARTS) is 1. The number of carbonyl (C=O) groups is 1. The summed E-state index contributed by atoms with van der Waals surface area (Å²) in [5.41, 5.74) is 1.50. The van der Waals surface area contributed by atoms with Gasteiger partial charge in [-0.25, -0.2) is 4.79 Å². The maximum Gasteiger partial charge on any atom is 0.336 e. The van der Waals surface area contributed by atoms with Crippen LogP contribution in [0, 0.1) is 5.92 Å². The second-order valence-corrected chi connectivity index (χ2v) is 4.33. The van der Waals surface area contributed by atoms with Gasteiger partial charge in [-0.1, -0.05) is 13.3 Å². The molecule has 0 aromatic carbocycles. The summed E-state index contributed by atoms with van der Waals surface area (Å²) in [6, 6.07) is 1.19. The van der Waals surface area contributed by atoms with Crippen LogP contribution in [0.1, 0.15) is 41.4 Å². The van der Waals surface area contributed by atoms with E-state index >= 15 is 0 Å². The largest absolute Gasteiger partial charge is 0.478 e. The Hall–Kier alpha value is -1.58. The lowest BCUT2D eigenvalue weighted by Crippen LogP contribution is -2.23. The summed E-state index contributed by atoms with van der Waals surface area (Å²) < 4.78 is 0. The fraction of sp³-hybridized carbons (Fsp3) is 0.500. The van der Waals surface area contributed by atoms with Gasteiger partial charge in [0, 0.05) is 11.8 Å². The van der Waals surface area contributed by atoms with E-state index < -0.39 is 5.97 Å². The number of pyridine rings is 1. The van der Waals surface area contributed by atoms with Gasteiger partial charge in [0.15, 0.2) is 0 Å². The average molecular weight is 221 g/mol. The standard InChI is InChI=1S/C12H15NO3/c1-2-7-3-4-10-8(5-7)9(12(15)16)6-11(14)13-10/h6-7H,2-5H2,1H3,(H,13,14)(H,15,16). The molecule has 1 unspecified atom stereocenters. The molecule has 0 fully saturated rings. The van der Waals surface area contributed by atoms with E-state index in [-0.39, 0.29) is 11.1 Å². The maximum absolute atomic E-state index is 11.3. The summed E-state index contributed by atoms with van der Waals surface area (Å²) in [5.74, 6) is -0.462. The number of nitrogens with one attached hydrogen (secondary N) is 1. The van der Waals surface area contributed by atoms with Crippen molar-refractivity contribution < 1.29 is 9.90 Å². The number of aryl methyl sites for hydroxylation is 1. The first-order valence-corrected chi connectivity index (χ1v) is 5.60. The van der Waals surface area contributed by atoms with E-state index in [4.69, 9.17) is 5.11 Å². The normalized spacial score (nSPS) is 19.2. The molecule has 0 aliphatic heterocycles. The topological polar surface area (TPSA) is 70.2 Å². The third-order valence-electron chi connectivity index (χ3n) is 3.34. The molecule has 1 heterocycles. The Bertz CT molecular complexity index is 476. The van der Waals surface area contributed by atoms with E-state index in [1.54, 1.807) is 0 Å². The second kappa shape index (κ2) is 4.12. The Kier molecular flexibility index (Phi) is 2.81. The minimum atomic E-state index is -1.00. The predicted octanol–water partition coefficient (Wildman–Crippen LogP) is 1.59. The van der Waals surface area contributed by atoms with Crippen molar-refractivity contribution in [3.8, 4) is 0 Å². The Morgan fingerprint density at radius 3 is 3.00 bits per heavy atom. The molecule has 2 N–H and O–H groups in total. The van der Waals surface area contributed by atoms with Crippen molar-refractivity contribution in [3.63, 3.8) is 0 Å². The number of H-pyrrole nitrogens is 1. The molecule has 0 amide bonds. The van der Waals surface area contributed by atoms with E-state index in [1.807, 2.05) is 0 Å². The average Bonchev–Trinajstić information content (AvgIpc) is 2.27. The fourth-order valence-electron chi connectivity index (χ4n) is 2.37. The zero-order valence-corrected chi connectivity index (χ0v) is 9.25. The molecule has 1 aliphatic rings. The molecule has 1 aromatic heterocycles. The van der Waals surface area contributed by atoms with E-state index in [2.05, 4.69) is 11.9 Å². The lowest BCUT2D eigenvalue weighted by molar-refractivity contribution is 0.0694. The van der Waals surface area contributed by atoms with Crippen molar-refractivity contribution in [1.82, 2.24) is 4.98 Å². The lowest BCUT2D eigenvalue weighted by atomic mass is 9.83. The number of aromatic nitrogens is 1. The molecular weight excluding hydrogens is 206 g/mol. The van der Waals surface area contributed by atoms with Gasteiger partial charge in [0.2, 0.25) is 5.56 Å². The van der Waals surface area contributed by atoms with E-state index in [0.29, 0.717) is 5.92 Å². The van der Waals surface area contributed by atoms with Crippen LogP contribution in [0.3, 0.4) is 0 Å². The van der Waals surface area contributed by atoms with Crippen LogP contribution in [0.15, 0.2) is 10.9 Å². The number of hydrogen-bond donors (Lipinski definition) is 2. The van der Waals surface area contributed by atoms with Crippen LogP contribution in [0.25, 0.3) is 0 Å². The number of aromatic carboxylic acids is 1. The Labute approximate surface area is 93.3 Å². The summed E-state index contributed by atoms with van der Waals surface area (Å²) >= 11 is 0. The molecule has 4 nitrogen and oxygen atoms in total. The van der Waals surface area contributed by atoms with Gasteiger partial charge in [0.25, 0.3) is 0 Å². The number of aromatic amines is 1. The summed E-state index contributed by atoms with van der Waals surface area (Å²) in [6.45, 7) is 2.11. The summed E-state index contributed by atoms with van der Waals surface area (Å²) in [4.78, 5) is 25.1. The molecule has 0 spiro atoms. The third kappa shape index (κ3) is 1.87. The molecule has 16 heavy (non-hydrogen) atoms. The fourth-order valence-corrected chi connectivity index (χ4v) is 2.37. The van der Waals surface area contributed by atoms with Gasteiger partial charge in [-0.3, -0.25) is 4.79 Å². The summed E-state index contributed by atoms with van der Waals surface area (Å²) in [7, 11) is 0. The van der Waals surface area contributed by atoms with Crippen LogP contribution in [0.2, 0.25) is 0 Å². The first-order valence-electron chi connectivity index (χ1n) is 5.60. The molecule has 1 aliphatic carbocycles. The second-order valence-electron chi connectivity index (χ2n) is 4.33. The quantitative estimate of drug-likeness (QED) is 0.796. The van der Waals surface area contributed by atoms with Crippen LogP contribution in [-0.2, 0) is 12.8 Å². The highest BCUT2D eigenvalue weighted by atomic mass is 16.4. The van der Waals surface area contributed by atoms with Gasteiger partial charge in [0.1, 0.15) is 0 Å². The van der Waals surface area contributed by atoms with Crippen LogP contribution in [0.5, 0.6) is 0 Å². The Morgan fingerprint density at radius 1 is 1.62 bits per heavy atom. The smallest absolute Gasteiger partial charge is 0.336 e. The highest BCUT2D eigenvalue weighted by Crippen LogP contribution is 2.27. The van der Waals surface area contributed by atoms with Crippen molar-refractivity contribution in [2.24, 2.45) is 5.92 Å². The summed E-state index contributed by atoms with van der Waals surface area (Å²) in [6.07, 6.45) is 3.63. The molecule has 0 bridgehead atoms. The number of carboxylic acids is 1. The number of rotatable bonds is 2. The van der Waals surface area contributed by atoms with Gasteiger partial charge in [0.05, 0.1) is 5.56 Å². The van der Waals surface area contributed by atoms with Gasteiger partial charge < -0.3 is 10.1 Å². The SMILES string of the molecule is CCC1CCc2[nH]c(=O)cc(C(=O)O)c2C1. The van der Waals surface area contributed by atoms with Crippen LogP contribution in [0.4, 0.5) is 0 Å². The molecule has 1 atom stereocenters. The monoisotopic (exact) mass is 221 g/mol. The first kappa shape index (κ1) is 10.9. The predicted molar refractivity (Wildman–Crippen MR) is 59.8 cm³/mol. The molecule has 0 radical (unpaired) electrons. The van der Waals surface area contributed by atoms with Gasteiger partial charge in [-0.2, -0.15) is 0 Å². The van der Waals surface area contributed by atoms with Gasteiger partial charge in [-0.05, 0) is 30.7 Å². The molecule has 0 saturated heterocycles. The van der Waals surface area contributed by atoms with Crippen molar-refractivity contribution in [1.29, 1.82) is 0 Å². The van der Waals surface area contributed by atoms with Crippen molar-refractivity contribution in [3.05, 3.63) is 33.2 Å². The number of fused-ring (bicyclic) bond motifs is 1. The zero-order valence-electron chi connectivity index (χ0n) is 9.25. The zero-order chi connectivity index (χ0) is 11.7.